The van der Waals surface area contributed by atoms with Crippen molar-refractivity contribution in [2.24, 2.45) is 0 Å². The fourth-order valence-corrected chi connectivity index (χ4v) is 3.42. The number of aromatic nitrogens is 1. The SMILES string of the molecule is Cc1cc(CCCOc2c(C)cc(-c3cc(C(F)(F)F)cc(C(F)(F)F)c3)cc2C)on1. The van der Waals surface area contributed by atoms with Gasteiger partial charge >= 0.3 is 12.4 Å². The van der Waals surface area contributed by atoms with E-state index >= 15 is 0 Å². The minimum absolute atomic E-state index is 0.122. The third-order valence-corrected chi connectivity index (χ3v) is 4.87. The smallest absolute Gasteiger partial charge is 0.416 e. The van der Waals surface area contributed by atoms with Crippen molar-refractivity contribution < 1.29 is 35.6 Å². The van der Waals surface area contributed by atoms with Crippen molar-refractivity contribution in [3.05, 3.63) is 70.1 Å². The van der Waals surface area contributed by atoms with Crippen LogP contribution >= 0.6 is 0 Å². The maximum atomic E-state index is 13.2. The van der Waals surface area contributed by atoms with E-state index in [1.165, 1.54) is 12.1 Å². The Labute approximate surface area is 181 Å². The molecule has 172 valence electrons. The number of alkyl halides is 6. The van der Waals surface area contributed by atoms with Gasteiger partial charge in [-0.05, 0) is 79.8 Å². The molecule has 0 saturated heterocycles. The Morgan fingerprint density at radius 3 is 1.78 bits per heavy atom. The van der Waals surface area contributed by atoms with Crippen LogP contribution in [0.1, 0.15) is 40.1 Å². The Bertz CT molecular complexity index is 1040. The van der Waals surface area contributed by atoms with Gasteiger partial charge in [-0.3, -0.25) is 0 Å². The van der Waals surface area contributed by atoms with Crippen molar-refractivity contribution in [2.45, 2.75) is 46.0 Å². The minimum atomic E-state index is -4.90. The van der Waals surface area contributed by atoms with E-state index in [4.69, 9.17) is 9.26 Å². The highest BCUT2D eigenvalue weighted by molar-refractivity contribution is 5.69. The molecule has 0 N–H and O–H groups in total. The Morgan fingerprint density at radius 2 is 1.31 bits per heavy atom. The van der Waals surface area contributed by atoms with Crippen LogP contribution in [0.4, 0.5) is 26.3 Å². The van der Waals surface area contributed by atoms with Crippen molar-refractivity contribution in [3.63, 3.8) is 0 Å². The molecule has 9 heteroatoms. The molecule has 3 rings (SSSR count). The van der Waals surface area contributed by atoms with Crippen molar-refractivity contribution in [1.82, 2.24) is 5.16 Å². The molecule has 0 aliphatic carbocycles. The third kappa shape index (κ3) is 5.63. The molecule has 3 nitrogen and oxygen atoms in total. The molecule has 1 heterocycles. The zero-order chi connectivity index (χ0) is 23.7. The van der Waals surface area contributed by atoms with Gasteiger partial charge in [-0.25, -0.2) is 0 Å². The van der Waals surface area contributed by atoms with Gasteiger partial charge in [0.2, 0.25) is 0 Å². The van der Waals surface area contributed by atoms with Gasteiger partial charge in [0.05, 0.1) is 23.4 Å². The molecule has 0 aliphatic rings. The second kappa shape index (κ2) is 8.88. The molecule has 1 aromatic heterocycles. The van der Waals surface area contributed by atoms with E-state index in [1.54, 1.807) is 13.8 Å². The van der Waals surface area contributed by atoms with Crippen LogP contribution in [0.2, 0.25) is 0 Å². The van der Waals surface area contributed by atoms with Crippen LogP contribution < -0.4 is 4.74 Å². The molecule has 0 spiro atoms. The average Bonchev–Trinajstić information content (AvgIpc) is 3.10. The van der Waals surface area contributed by atoms with Crippen molar-refractivity contribution in [3.8, 4) is 16.9 Å². The lowest BCUT2D eigenvalue weighted by atomic mass is 9.96. The van der Waals surface area contributed by atoms with Crippen molar-refractivity contribution in [2.75, 3.05) is 6.61 Å². The molecule has 0 bridgehead atoms. The van der Waals surface area contributed by atoms with Gasteiger partial charge in [0.1, 0.15) is 11.5 Å². The summed E-state index contributed by atoms with van der Waals surface area (Å²) in [5.41, 5.74) is -0.595. The van der Waals surface area contributed by atoms with E-state index in [0.29, 0.717) is 36.3 Å². The summed E-state index contributed by atoms with van der Waals surface area (Å²) < 4.78 is 90.0. The predicted octanol–water partition coefficient (Wildman–Crippen LogP) is 7.32. The van der Waals surface area contributed by atoms with Gasteiger partial charge in [0.15, 0.2) is 0 Å². The number of halogens is 6. The zero-order valence-electron chi connectivity index (χ0n) is 17.6. The van der Waals surface area contributed by atoms with Gasteiger partial charge in [0.25, 0.3) is 0 Å². The highest BCUT2D eigenvalue weighted by atomic mass is 19.4. The largest absolute Gasteiger partial charge is 0.493 e. The first-order valence-corrected chi connectivity index (χ1v) is 9.80. The summed E-state index contributed by atoms with van der Waals surface area (Å²) in [6.07, 6.45) is -8.52. The summed E-state index contributed by atoms with van der Waals surface area (Å²) in [5, 5.41) is 3.81. The average molecular weight is 457 g/mol. The zero-order valence-corrected chi connectivity index (χ0v) is 17.6. The summed E-state index contributed by atoms with van der Waals surface area (Å²) >= 11 is 0. The van der Waals surface area contributed by atoms with E-state index in [9.17, 15) is 26.3 Å². The number of aryl methyl sites for hydroxylation is 4. The first-order valence-electron chi connectivity index (χ1n) is 9.80. The molecule has 0 atom stereocenters. The quantitative estimate of drug-likeness (QED) is 0.287. The van der Waals surface area contributed by atoms with Crippen LogP contribution in [0.3, 0.4) is 0 Å². The Morgan fingerprint density at radius 1 is 0.781 bits per heavy atom. The number of benzene rings is 2. The minimum Gasteiger partial charge on any atom is -0.493 e. The van der Waals surface area contributed by atoms with Gasteiger partial charge in [0, 0.05) is 12.5 Å². The first kappa shape index (κ1) is 23.7. The summed E-state index contributed by atoms with van der Waals surface area (Å²) in [6, 6.07) is 6.45. The molecule has 0 radical (unpaired) electrons. The van der Waals surface area contributed by atoms with Crippen LogP contribution in [0.25, 0.3) is 11.1 Å². The van der Waals surface area contributed by atoms with Gasteiger partial charge < -0.3 is 9.26 Å². The van der Waals surface area contributed by atoms with Crippen molar-refractivity contribution >= 4 is 0 Å². The summed E-state index contributed by atoms with van der Waals surface area (Å²) in [5.74, 6) is 1.28. The van der Waals surface area contributed by atoms with Gasteiger partial charge in [-0.15, -0.1) is 0 Å². The van der Waals surface area contributed by atoms with Gasteiger partial charge in [-0.2, -0.15) is 26.3 Å². The lowest BCUT2D eigenvalue weighted by molar-refractivity contribution is -0.143. The van der Waals surface area contributed by atoms with Crippen LogP contribution in [0, 0.1) is 20.8 Å². The van der Waals surface area contributed by atoms with Crippen LogP contribution in [0.5, 0.6) is 5.75 Å². The molecule has 0 saturated carbocycles. The Kier molecular flexibility index (Phi) is 6.57. The van der Waals surface area contributed by atoms with E-state index in [0.717, 1.165) is 23.6 Å². The topological polar surface area (TPSA) is 35.3 Å². The van der Waals surface area contributed by atoms with E-state index in [-0.39, 0.29) is 17.2 Å². The lowest BCUT2D eigenvalue weighted by Gasteiger charge is -2.17. The second-order valence-corrected chi connectivity index (χ2v) is 7.62. The number of ether oxygens (including phenoxy) is 1. The fraction of sp³-hybridized carbons (Fsp3) is 0.348. The third-order valence-electron chi connectivity index (χ3n) is 4.87. The highest BCUT2D eigenvalue weighted by Crippen LogP contribution is 2.39. The monoisotopic (exact) mass is 457 g/mol. The number of rotatable bonds is 6. The second-order valence-electron chi connectivity index (χ2n) is 7.62. The number of hydrogen-bond acceptors (Lipinski definition) is 3. The molecule has 0 aliphatic heterocycles. The highest BCUT2D eigenvalue weighted by Gasteiger charge is 2.37. The van der Waals surface area contributed by atoms with Crippen LogP contribution in [-0.2, 0) is 18.8 Å². The van der Waals surface area contributed by atoms with Crippen LogP contribution in [0.15, 0.2) is 40.9 Å². The molecule has 0 amide bonds. The molecule has 3 aromatic rings. The normalized spacial score (nSPS) is 12.3. The Hall–Kier alpha value is -2.97. The molecule has 32 heavy (non-hydrogen) atoms. The fourth-order valence-electron chi connectivity index (χ4n) is 3.42. The van der Waals surface area contributed by atoms with Crippen molar-refractivity contribution in [1.29, 1.82) is 0 Å². The van der Waals surface area contributed by atoms with Gasteiger partial charge in [-0.1, -0.05) is 5.16 Å². The first-order chi connectivity index (χ1) is 14.8. The Balaban J connectivity index is 1.83. The summed E-state index contributed by atoms with van der Waals surface area (Å²) in [7, 11) is 0. The summed E-state index contributed by atoms with van der Waals surface area (Å²) in [6.45, 7) is 5.58. The number of hydrogen-bond donors (Lipinski definition) is 0. The molecular weight excluding hydrogens is 436 g/mol. The standard InChI is InChI=1S/C23H21F6NO2/c1-13-7-16(17-10-18(22(24,25)26)12-19(11-17)23(27,28)29)8-14(2)21(13)31-6-4-5-20-9-15(3)30-32-20/h7-12H,4-6H2,1-3H3. The molecule has 0 unspecified atom stereocenters. The van der Waals surface area contributed by atoms with E-state index in [1.807, 2.05) is 13.0 Å². The van der Waals surface area contributed by atoms with E-state index in [2.05, 4.69) is 5.16 Å². The van der Waals surface area contributed by atoms with Crippen LogP contribution in [-0.4, -0.2) is 11.8 Å². The maximum absolute atomic E-state index is 13.2. The molecule has 0 fully saturated rings. The molecule has 2 aromatic carbocycles. The maximum Gasteiger partial charge on any atom is 0.416 e. The lowest BCUT2D eigenvalue weighted by Crippen LogP contribution is -2.11. The van der Waals surface area contributed by atoms with E-state index < -0.39 is 23.5 Å². The molecular formula is C23H21F6NO2. The predicted molar refractivity (Wildman–Crippen MR) is 106 cm³/mol. The summed E-state index contributed by atoms with van der Waals surface area (Å²) in [4.78, 5) is 0. The number of nitrogens with zero attached hydrogens (tertiary/aromatic N) is 1.